The van der Waals surface area contributed by atoms with Crippen molar-refractivity contribution in [1.82, 2.24) is 9.97 Å². The second kappa shape index (κ2) is 6.73. The second-order valence-corrected chi connectivity index (χ2v) is 5.43. The summed E-state index contributed by atoms with van der Waals surface area (Å²) in [5.41, 5.74) is 3.89. The summed E-state index contributed by atoms with van der Waals surface area (Å²) in [6.07, 6.45) is 0. The van der Waals surface area contributed by atoms with Crippen LogP contribution in [0.3, 0.4) is 0 Å². The largest absolute Gasteiger partial charge is 0.465 e. The van der Waals surface area contributed by atoms with Gasteiger partial charge in [0.15, 0.2) is 5.13 Å². The normalized spacial score (nSPS) is 10.7. The number of aromatic nitrogens is 2. The van der Waals surface area contributed by atoms with Crippen molar-refractivity contribution in [3.05, 3.63) is 22.2 Å². The molecule has 0 spiro atoms. The summed E-state index contributed by atoms with van der Waals surface area (Å²) in [7, 11) is 3.04. The van der Waals surface area contributed by atoms with Crippen molar-refractivity contribution in [3.8, 4) is 11.4 Å². The number of hydrogen-bond acceptors (Lipinski definition) is 6. The molecule has 2 aromatic heterocycles. The van der Waals surface area contributed by atoms with E-state index >= 15 is 0 Å². The minimum atomic E-state index is -0.332. The number of hydrogen-bond donors (Lipinski definition) is 2. The van der Waals surface area contributed by atoms with Crippen LogP contribution in [0.15, 0.2) is 5.38 Å². The Balaban J connectivity index is 2.25. The molecule has 2 rings (SSSR count). The average molecular weight is 309 g/mol. The summed E-state index contributed by atoms with van der Waals surface area (Å²) in [5.74, 6) is -0.332. The molecule has 0 unspecified atom stereocenters. The Morgan fingerprint density at radius 3 is 2.86 bits per heavy atom. The minimum absolute atomic E-state index is 0.332. The molecule has 0 atom stereocenters. The van der Waals surface area contributed by atoms with E-state index in [1.165, 1.54) is 18.4 Å². The number of thiazole rings is 1. The third-order valence-electron chi connectivity index (χ3n) is 3.17. The smallest absolute Gasteiger partial charge is 0.339 e. The first-order valence-corrected chi connectivity index (χ1v) is 7.42. The Morgan fingerprint density at radius 1 is 1.43 bits per heavy atom. The molecule has 0 radical (unpaired) electrons. The highest BCUT2D eigenvalue weighted by Crippen LogP contribution is 2.30. The van der Waals surface area contributed by atoms with Crippen molar-refractivity contribution >= 4 is 22.4 Å². The number of carbonyl (C=O) groups is 1. The standard InChI is InChI=1S/C14H19N3O3S/c1-8-11(13(18)20-4)9(2)16-12(8)10-7-21-14(17-10)15-5-6-19-3/h7,16H,5-6H2,1-4H3,(H,15,17). The first-order valence-electron chi connectivity index (χ1n) is 6.54. The van der Waals surface area contributed by atoms with E-state index in [1.807, 2.05) is 19.2 Å². The summed E-state index contributed by atoms with van der Waals surface area (Å²) in [4.78, 5) is 19.5. The Morgan fingerprint density at radius 2 is 2.19 bits per heavy atom. The number of nitrogens with one attached hydrogen (secondary N) is 2. The van der Waals surface area contributed by atoms with Gasteiger partial charge in [0.1, 0.15) is 5.69 Å². The molecule has 2 aromatic rings. The van der Waals surface area contributed by atoms with Gasteiger partial charge in [0, 0.05) is 24.7 Å². The van der Waals surface area contributed by atoms with Gasteiger partial charge in [-0.3, -0.25) is 0 Å². The zero-order valence-corrected chi connectivity index (χ0v) is 13.4. The lowest BCUT2D eigenvalue weighted by molar-refractivity contribution is 0.0599. The molecule has 21 heavy (non-hydrogen) atoms. The van der Waals surface area contributed by atoms with Gasteiger partial charge in [-0.15, -0.1) is 11.3 Å². The quantitative estimate of drug-likeness (QED) is 0.633. The van der Waals surface area contributed by atoms with Crippen LogP contribution in [0.1, 0.15) is 21.6 Å². The molecule has 0 saturated heterocycles. The summed E-state index contributed by atoms with van der Waals surface area (Å²) >= 11 is 1.52. The molecule has 0 amide bonds. The first-order chi connectivity index (χ1) is 10.1. The fraction of sp³-hybridized carbons (Fsp3) is 0.429. The number of carbonyl (C=O) groups excluding carboxylic acids is 1. The summed E-state index contributed by atoms with van der Waals surface area (Å²) < 4.78 is 9.80. The number of aryl methyl sites for hydroxylation is 1. The Kier molecular flexibility index (Phi) is 4.98. The van der Waals surface area contributed by atoms with E-state index in [-0.39, 0.29) is 5.97 Å². The van der Waals surface area contributed by atoms with E-state index in [2.05, 4.69) is 15.3 Å². The molecule has 0 saturated carbocycles. The maximum Gasteiger partial charge on any atom is 0.339 e. The molecule has 0 fully saturated rings. The van der Waals surface area contributed by atoms with Crippen molar-refractivity contribution in [2.75, 3.05) is 32.7 Å². The summed E-state index contributed by atoms with van der Waals surface area (Å²) in [5, 5.41) is 5.97. The Hall–Kier alpha value is -1.86. The molecule has 0 aliphatic heterocycles. The van der Waals surface area contributed by atoms with Gasteiger partial charge >= 0.3 is 5.97 Å². The lowest BCUT2D eigenvalue weighted by atomic mass is 10.1. The van der Waals surface area contributed by atoms with Gasteiger partial charge in [-0.2, -0.15) is 0 Å². The SMILES string of the molecule is COCCNc1nc(-c2[nH]c(C)c(C(=O)OC)c2C)cs1. The number of H-pyrrole nitrogens is 1. The van der Waals surface area contributed by atoms with Gasteiger partial charge in [0.25, 0.3) is 0 Å². The minimum Gasteiger partial charge on any atom is -0.465 e. The van der Waals surface area contributed by atoms with E-state index in [9.17, 15) is 4.79 Å². The van der Waals surface area contributed by atoms with Crippen LogP contribution in [-0.4, -0.2) is 43.3 Å². The molecule has 0 bridgehead atoms. The monoisotopic (exact) mass is 309 g/mol. The number of rotatable bonds is 6. The molecule has 7 heteroatoms. The van der Waals surface area contributed by atoms with Crippen LogP contribution in [0.4, 0.5) is 5.13 Å². The molecular formula is C14H19N3O3S. The van der Waals surface area contributed by atoms with Gasteiger partial charge < -0.3 is 19.8 Å². The van der Waals surface area contributed by atoms with Gasteiger partial charge in [0.05, 0.1) is 25.0 Å². The highest BCUT2D eigenvalue weighted by atomic mass is 32.1. The van der Waals surface area contributed by atoms with Gasteiger partial charge in [-0.1, -0.05) is 0 Å². The first kappa shape index (κ1) is 15.5. The maximum atomic E-state index is 11.8. The predicted molar refractivity (Wildman–Crippen MR) is 83.1 cm³/mol. The fourth-order valence-corrected chi connectivity index (χ4v) is 2.87. The third kappa shape index (κ3) is 3.25. The fourth-order valence-electron chi connectivity index (χ4n) is 2.14. The topological polar surface area (TPSA) is 76.2 Å². The second-order valence-electron chi connectivity index (χ2n) is 4.57. The van der Waals surface area contributed by atoms with Crippen molar-refractivity contribution in [3.63, 3.8) is 0 Å². The predicted octanol–water partition coefficient (Wildman–Crippen LogP) is 2.60. The number of ether oxygens (including phenoxy) is 2. The number of nitrogens with zero attached hydrogens (tertiary/aromatic N) is 1. The number of aromatic amines is 1. The van der Waals surface area contributed by atoms with Crippen LogP contribution in [-0.2, 0) is 9.47 Å². The molecule has 0 aliphatic carbocycles. The van der Waals surface area contributed by atoms with Crippen molar-refractivity contribution in [2.45, 2.75) is 13.8 Å². The summed E-state index contributed by atoms with van der Waals surface area (Å²) in [6.45, 7) is 5.08. The van der Waals surface area contributed by atoms with Crippen molar-refractivity contribution in [1.29, 1.82) is 0 Å². The zero-order valence-electron chi connectivity index (χ0n) is 12.6. The van der Waals surface area contributed by atoms with E-state index in [0.29, 0.717) is 18.7 Å². The summed E-state index contributed by atoms with van der Waals surface area (Å²) in [6, 6.07) is 0. The molecule has 6 nitrogen and oxygen atoms in total. The van der Waals surface area contributed by atoms with Gasteiger partial charge in [-0.05, 0) is 19.4 Å². The highest BCUT2D eigenvalue weighted by molar-refractivity contribution is 7.14. The molecule has 0 aromatic carbocycles. The Bertz CT molecular complexity index is 633. The van der Waals surface area contributed by atoms with Crippen LogP contribution in [0.5, 0.6) is 0 Å². The number of methoxy groups -OCH3 is 2. The van der Waals surface area contributed by atoms with Crippen LogP contribution < -0.4 is 5.32 Å². The molecule has 2 N–H and O–H groups in total. The maximum absolute atomic E-state index is 11.8. The van der Waals surface area contributed by atoms with E-state index in [4.69, 9.17) is 9.47 Å². The average Bonchev–Trinajstić information content (AvgIpc) is 3.03. The van der Waals surface area contributed by atoms with Crippen molar-refractivity contribution in [2.24, 2.45) is 0 Å². The van der Waals surface area contributed by atoms with Crippen LogP contribution >= 0.6 is 11.3 Å². The van der Waals surface area contributed by atoms with E-state index < -0.39 is 0 Å². The van der Waals surface area contributed by atoms with Gasteiger partial charge in [0.2, 0.25) is 0 Å². The number of anilines is 1. The lowest BCUT2D eigenvalue weighted by Crippen LogP contribution is -2.07. The third-order valence-corrected chi connectivity index (χ3v) is 3.97. The number of esters is 1. The van der Waals surface area contributed by atoms with Crippen LogP contribution in [0.2, 0.25) is 0 Å². The Labute approximate surface area is 127 Å². The molecular weight excluding hydrogens is 290 g/mol. The lowest BCUT2D eigenvalue weighted by Gasteiger charge is -2.00. The van der Waals surface area contributed by atoms with Crippen molar-refractivity contribution < 1.29 is 14.3 Å². The highest BCUT2D eigenvalue weighted by Gasteiger charge is 2.20. The zero-order chi connectivity index (χ0) is 15.4. The van der Waals surface area contributed by atoms with Gasteiger partial charge in [-0.25, -0.2) is 9.78 Å². The van der Waals surface area contributed by atoms with Crippen LogP contribution in [0.25, 0.3) is 11.4 Å². The van der Waals surface area contributed by atoms with E-state index in [1.54, 1.807) is 7.11 Å². The van der Waals surface area contributed by atoms with Crippen LogP contribution in [0, 0.1) is 13.8 Å². The molecule has 0 aliphatic rings. The molecule has 114 valence electrons. The molecule has 2 heterocycles. The van der Waals surface area contributed by atoms with E-state index in [0.717, 1.165) is 27.8 Å².